The van der Waals surface area contributed by atoms with E-state index in [1.54, 1.807) is 43.6 Å². The van der Waals surface area contributed by atoms with Gasteiger partial charge in [0.05, 0.1) is 23.2 Å². The van der Waals surface area contributed by atoms with Gasteiger partial charge in [-0.25, -0.2) is 13.4 Å². The second kappa shape index (κ2) is 11.2. The quantitative estimate of drug-likeness (QED) is 0.288. The zero-order valence-corrected chi connectivity index (χ0v) is 23.0. The molecule has 1 fully saturated rings. The third-order valence-corrected chi connectivity index (χ3v) is 9.97. The number of benzene rings is 2. The summed E-state index contributed by atoms with van der Waals surface area (Å²) in [4.78, 5) is 24.5. The molecule has 5 rings (SSSR count). The van der Waals surface area contributed by atoms with Crippen LogP contribution >= 0.6 is 11.3 Å². The van der Waals surface area contributed by atoms with Crippen LogP contribution < -0.4 is 9.64 Å². The van der Waals surface area contributed by atoms with Gasteiger partial charge in [-0.05, 0) is 60.9 Å². The molecule has 198 valence electrons. The van der Waals surface area contributed by atoms with Gasteiger partial charge in [0.15, 0.2) is 5.13 Å². The molecule has 2 heterocycles. The highest BCUT2D eigenvalue weighted by Gasteiger charge is 2.30. The van der Waals surface area contributed by atoms with Crippen LogP contribution in [0.5, 0.6) is 5.75 Å². The fourth-order valence-electron chi connectivity index (χ4n) is 4.82. The SMILES string of the molecule is COc1cccc2sc(N(Cc3cccnc3)C(=O)c3ccc(S(=O)(=O)N(C)C4CCCCC4)cc3)nc12. The van der Waals surface area contributed by atoms with Crippen molar-refractivity contribution < 1.29 is 17.9 Å². The fraction of sp³-hybridized carbons (Fsp3) is 0.321. The Kier molecular flexibility index (Phi) is 7.73. The van der Waals surface area contributed by atoms with Crippen molar-refractivity contribution in [1.82, 2.24) is 14.3 Å². The van der Waals surface area contributed by atoms with Crippen molar-refractivity contribution in [3.8, 4) is 5.75 Å². The predicted octanol–water partition coefficient (Wildman–Crippen LogP) is 5.50. The predicted molar refractivity (Wildman–Crippen MR) is 149 cm³/mol. The first-order valence-corrected chi connectivity index (χ1v) is 14.9. The van der Waals surface area contributed by atoms with E-state index in [1.807, 2.05) is 30.3 Å². The van der Waals surface area contributed by atoms with E-state index in [-0.39, 0.29) is 23.4 Å². The minimum Gasteiger partial charge on any atom is -0.494 e. The molecule has 8 nitrogen and oxygen atoms in total. The number of carbonyl (C=O) groups excluding carboxylic acids is 1. The van der Waals surface area contributed by atoms with Crippen LogP contribution in [0.2, 0.25) is 0 Å². The number of aromatic nitrogens is 2. The van der Waals surface area contributed by atoms with E-state index in [0.717, 1.165) is 42.4 Å². The molecular weight excluding hydrogens is 520 g/mol. The van der Waals surface area contributed by atoms with E-state index >= 15 is 0 Å². The van der Waals surface area contributed by atoms with Crippen LogP contribution in [-0.2, 0) is 16.6 Å². The summed E-state index contributed by atoms with van der Waals surface area (Å²) in [6.07, 6.45) is 8.39. The lowest BCUT2D eigenvalue weighted by Gasteiger charge is -2.30. The van der Waals surface area contributed by atoms with E-state index in [1.165, 1.54) is 27.8 Å². The summed E-state index contributed by atoms with van der Waals surface area (Å²) >= 11 is 1.40. The average molecular weight is 551 g/mol. The van der Waals surface area contributed by atoms with Gasteiger partial charge >= 0.3 is 0 Å². The smallest absolute Gasteiger partial charge is 0.260 e. The Balaban J connectivity index is 1.46. The molecule has 0 spiro atoms. The van der Waals surface area contributed by atoms with Gasteiger partial charge in [0.1, 0.15) is 11.3 Å². The highest BCUT2D eigenvalue weighted by molar-refractivity contribution is 7.89. The van der Waals surface area contributed by atoms with Crippen molar-refractivity contribution in [3.05, 3.63) is 78.1 Å². The number of rotatable bonds is 8. The Morgan fingerprint density at radius 3 is 2.50 bits per heavy atom. The minimum absolute atomic E-state index is 0.0149. The van der Waals surface area contributed by atoms with Crippen LogP contribution in [0.25, 0.3) is 10.2 Å². The molecule has 0 radical (unpaired) electrons. The molecule has 4 aromatic rings. The summed E-state index contributed by atoms with van der Waals surface area (Å²) in [5.41, 5.74) is 1.91. The van der Waals surface area contributed by atoms with Gasteiger partial charge in [0.2, 0.25) is 10.0 Å². The fourth-order valence-corrected chi connectivity index (χ4v) is 7.22. The zero-order valence-electron chi connectivity index (χ0n) is 21.4. The molecule has 0 unspecified atom stereocenters. The third-order valence-electron chi connectivity index (χ3n) is 7.00. The second-order valence-corrected chi connectivity index (χ2v) is 12.4. The number of sulfonamides is 1. The molecule has 1 aliphatic rings. The van der Waals surface area contributed by atoms with E-state index in [9.17, 15) is 13.2 Å². The molecule has 38 heavy (non-hydrogen) atoms. The molecule has 0 aliphatic heterocycles. The van der Waals surface area contributed by atoms with E-state index in [0.29, 0.717) is 22.0 Å². The zero-order chi connectivity index (χ0) is 26.7. The Morgan fingerprint density at radius 1 is 1.05 bits per heavy atom. The van der Waals surface area contributed by atoms with Gasteiger partial charge in [-0.15, -0.1) is 0 Å². The van der Waals surface area contributed by atoms with E-state index in [4.69, 9.17) is 9.72 Å². The van der Waals surface area contributed by atoms with Crippen LogP contribution in [0.1, 0.15) is 48.0 Å². The number of ether oxygens (including phenoxy) is 1. The second-order valence-electron chi connectivity index (χ2n) is 9.39. The molecule has 1 amide bonds. The molecule has 1 aliphatic carbocycles. The largest absolute Gasteiger partial charge is 0.494 e. The lowest BCUT2D eigenvalue weighted by molar-refractivity contribution is 0.0985. The van der Waals surface area contributed by atoms with Crippen molar-refractivity contribution in [3.63, 3.8) is 0 Å². The van der Waals surface area contributed by atoms with Gasteiger partial charge in [-0.2, -0.15) is 4.31 Å². The normalized spacial score (nSPS) is 14.6. The highest BCUT2D eigenvalue weighted by atomic mass is 32.2. The maximum Gasteiger partial charge on any atom is 0.260 e. The Morgan fingerprint density at radius 2 is 1.82 bits per heavy atom. The number of pyridine rings is 1. The summed E-state index contributed by atoms with van der Waals surface area (Å²) in [5.74, 6) is 0.354. The van der Waals surface area contributed by atoms with Crippen molar-refractivity contribution >= 4 is 42.6 Å². The van der Waals surface area contributed by atoms with Gasteiger partial charge in [-0.3, -0.25) is 14.7 Å². The van der Waals surface area contributed by atoms with Crippen molar-refractivity contribution in [1.29, 1.82) is 0 Å². The minimum atomic E-state index is -3.65. The number of anilines is 1. The maximum atomic E-state index is 13.8. The summed E-state index contributed by atoms with van der Waals surface area (Å²) in [6.45, 7) is 0.263. The lowest BCUT2D eigenvalue weighted by atomic mass is 9.96. The van der Waals surface area contributed by atoms with Crippen LogP contribution in [0, 0.1) is 0 Å². The molecule has 0 saturated heterocycles. The Hall–Kier alpha value is -3.34. The van der Waals surface area contributed by atoms with Gasteiger partial charge < -0.3 is 4.74 Å². The maximum absolute atomic E-state index is 13.8. The number of carbonyl (C=O) groups is 1. The number of amides is 1. The number of hydrogen-bond donors (Lipinski definition) is 0. The molecular formula is C28H30N4O4S2. The molecule has 10 heteroatoms. The van der Waals surface area contributed by atoms with Gasteiger partial charge in [0, 0.05) is 31.0 Å². The number of hydrogen-bond acceptors (Lipinski definition) is 7. The lowest BCUT2D eigenvalue weighted by Crippen LogP contribution is -2.38. The number of thiazole rings is 1. The average Bonchev–Trinajstić information content (AvgIpc) is 3.40. The summed E-state index contributed by atoms with van der Waals surface area (Å²) in [6, 6.07) is 15.6. The summed E-state index contributed by atoms with van der Waals surface area (Å²) < 4.78 is 34.4. The first-order chi connectivity index (χ1) is 18.4. The molecule has 0 N–H and O–H groups in total. The van der Waals surface area contributed by atoms with Crippen LogP contribution in [0.3, 0.4) is 0 Å². The number of para-hydroxylation sites is 1. The molecule has 0 atom stereocenters. The van der Waals surface area contributed by atoms with Gasteiger partial charge in [0.25, 0.3) is 5.91 Å². The van der Waals surface area contributed by atoms with Crippen molar-refractivity contribution in [2.75, 3.05) is 19.1 Å². The van der Waals surface area contributed by atoms with Crippen LogP contribution in [-0.4, -0.2) is 48.8 Å². The molecule has 2 aromatic heterocycles. The first kappa shape index (κ1) is 26.3. The van der Waals surface area contributed by atoms with E-state index in [2.05, 4.69) is 4.98 Å². The topological polar surface area (TPSA) is 92.7 Å². The van der Waals surface area contributed by atoms with E-state index < -0.39 is 10.0 Å². The Bertz CT molecular complexity index is 1520. The monoisotopic (exact) mass is 550 g/mol. The Labute approximate surface area is 227 Å². The summed E-state index contributed by atoms with van der Waals surface area (Å²) in [7, 11) is -0.406. The highest BCUT2D eigenvalue weighted by Crippen LogP contribution is 2.35. The number of nitrogens with zero attached hydrogens (tertiary/aromatic N) is 4. The van der Waals surface area contributed by atoms with Crippen molar-refractivity contribution in [2.24, 2.45) is 0 Å². The molecule has 0 bridgehead atoms. The number of fused-ring (bicyclic) bond motifs is 1. The summed E-state index contributed by atoms with van der Waals surface area (Å²) in [5, 5.41) is 0.520. The molecule has 1 saturated carbocycles. The van der Waals surface area contributed by atoms with Crippen molar-refractivity contribution in [2.45, 2.75) is 49.6 Å². The first-order valence-electron chi connectivity index (χ1n) is 12.6. The standard InChI is InChI=1S/C28H30N4O4S2/c1-31(22-9-4-3-5-10-22)38(34,35)23-15-13-21(14-16-23)27(33)32(19-20-8-7-17-29-18-20)28-30-26-24(36-2)11-6-12-25(26)37-28/h6-8,11-18,22H,3-5,9-10,19H2,1-2H3. The number of methoxy groups -OCH3 is 1. The van der Waals surface area contributed by atoms with Crippen LogP contribution in [0.15, 0.2) is 71.9 Å². The van der Waals surface area contributed by atoms with Gasteiger partial charge in [-0.1, -0.05) is 42.7 Å². The van der Waals surface area contributed by atoms with Crippen LogP contribution in [0.4, 0.5) is 5.13 Å². The molecule has 2 aromatic carbocycles. The third kappa shape index (κ3) is 5.29.